The van der Waals surface area contributed by atoms with Crippen LogP contribution in [0.15, 0.2) is 79.1 Å². The molecule has 3 rings (SSSR count). The summed E-state index contributed by atoms with van der Waals surface area (Å²) >= 11 is 0. The fourth-order valence-corrected chi connectivity index (χ4v) is 2.13. The van der Waals surface area contributed by atoms with Crippen LogP contribution in [0.2, 0.25) is 0 Å². The Balaban J connectivity index is 1.55. The van der Waals surface area contributed by atoms with Gasteiger partial charge in [0.2, 0.25) is 0 Å². The molecule has 0 N–H and O–H groups in total. The van der Waals surface area contributed by atoms with E-state index < -0.39 is 0 Å². The van der Waals surface area contributed by atoms with E-state index in [1.165, 1.54) is 0 Å². The molecule has 3 aromatic rings. The number of nitrogens with zero attached hydrogens (tertiary/aromatic N) is 2. The number of carbonyl (C=O) groups excluding carboxylic acids is 1. The second kappa shape index (κ2) is 7.22. The van der Waals surface area contributed by atoms with E-state index >= 15 is 0 Å². The molecule has 0 aliphatic heterocycles. The van der Waals surface area contributed by atoms with Gasteiger partial charge in [-0.25, -0.2) is 9.48 Å². The molecule has 0 fully saturated rings. The Bertz CT molecular complexity index is 776. The number of rotatable bonds is 5. The molecular weight excluding hydrogens is 288 g/mol. The van der Waals surface area contributed by atoms with Crippen molar-refractivity contribution in [3.05, 3.63) is 90.3 Å². The number of aromatic nitrogens is 2. The van der Waals surface area contributed by atoms with Crippen LogP contribution in [0.1, 0.15) is 15.9 Å². The Morgan fingerprint density at radius 1 is 1.04 bits per heavy atom. The molecular formula is C19H16N2O2. The Labute approximate surface area is 134 Å². The van der Waals surface area contributed by atoms with Gasteiger partial charge in [-0.3, -0.25) is 0 Å². The molecule has 0 spiro atoms. The van der Waals surface area contributed by atoms with Gasteiger partial charge in [0, 0.05) is 12.4 Å². The summed E-state index contributed by atoms with van der Waals surface area (Å²) in [7, 11) is 0. The van der Waals surface area contributed by atoms with Gasteiger partial charge in [0.05, 0.1) is 11.3 Å². The summed E-state index contributed by atoms with van der Waals surface area (Å²) in [6.45, 7) is 0.245. The van der Waals surface area contributed by atoms with Gasteiger partial charge in [0.1, 0.15) is 6.61 Å². The summed E-state index contributed by atoms with van der Waals surface area (Å²) < 4.78 is 6.97. The third kappa shape index (κ3) is 3.95. The minimum absolute atomic E-state index is 0.245. The van der Waals surface area contributed by atoms with Crippen molar-refractivity contribution in [1.29, 1.82) is 0 Å². The molecule has 2 aromatic carbocycles. The summed E-state index contributed by atoms with van der Waals surface area (Å²) in [6, 6.07) is 18.9. The summed E-state index contributed by atoms with van der Waals surface area (Å²) in [5.74, 6) is -0.338. The molecule has 1 heterocycles. The average Bonchev–Trinajstić information content (AvgIpc) is 3.14. The van der Waals surface area contributed by atoms with Gasteiger partial charge < -0.3 is 4.74 Å². The normalized spacial score (nSPS) is 10.8. The Hall–Kier alpha value is -3.14. The number of hydrogen-bond donors (Lipinski definition) is 0. The first kappa shape index (κ1) is 14.8. The summed E-state index contributed by atoms with van der Waals surface area (Å²) in [4.78, 5) is 12.0. The molecule has 114 valence electrons. The number of hydrogen-bond acceptors (Lipinski definition) is 3. The lowest BCUT2D eigenvalue weighted by atomic mass is 10.2. The lowest BCUT2D eigenvalue weighted by Gasteiger charge is -2.04. The van der Waals surface area contributed by atoms with E-state index in [4.69, 9.17) is 4.74 Å². The Morgan fingerprint density at radius 2 is 1.83 bits per heavy atom. The second-order valence-corrected chi connectivity index (χ2v) is 4.91. The van der Waals surface area contributed by atoms with E-state index in [0.29, 0.717) is 5.56 Å². The average molecular weight is 304 g/mol. The van der Waals surface area contributed by atoms with E-state index in [9.17, 15) is 4.79 Å². The largest absolute Gasteiger partial charge is 0.458 e. The first-order valence-electron chi connectivity index (χ1n) is 7.32. The first-order valence-corrected chi connectivity index (χ1v) is 7.32. The maximum absolute atomic E-state index is 12.0. The molecule has 4 heteroatoms. The zero-order valence-corrected chi connectivity index (χ0v) is 12.5. The highest BCUT2D eigenvalue weighted by atomic mass is 16.5. The molecule has 0 atom stereocenters. The van der Waals surface area contributed by atoms with Gasteiger partial charge in [-0.1, -0.05) is 36.4 Å². The van der Waals surface area contributed by atoms with Crippen molar-refractivity contribution < 1.29 is 9.53 Å². The number of esters is 1. The van der Waals surface area contributed by atoms with Crippen LogP contribution >= 0.6 is 0 Å². The van der Waals surface area contributed by atoms with E-state index in [1.54, 1.807) is 23.0 Å². The smallest absolute Gasteiger partial charge is 0.338 e. The van der Waals surface area contributed by atoms with Crippen molar-refractivity contribution in [3.8, 4) is 5.69 Å². The van der Waals surface area contributed by atoms with Crippen LogP contribution in [0.4, 0.5) is 0 Å². The monoisotopic (exact) mass is 304 g/mol. The standard InChI is InChI=1S/C19H16N2O2/c22-19(23-15-4-8-16-6-2-1-3-7-16)17-9-11-18(12-10-17)21-14-5-13-20-21/h1-14H,15H2/b8-4+. The lowest BCUT2D eigenvalue weighted by Crippen LogP contribution is -2.05. The Morgan fingerprint density at radius 3 is 2.52 bits per heavy atom. The van der Waals surface area contributed by atoms with Gasteiger partial charge in [-0.15, -0.1) is 0 Å². The molecule has 0 saturated carbocycles. The third-order valence-electron chi connectivity index (χ3n) is 3.29. The summed E-state index contributed by atoms with van der Waals surface area (Å²) in [5, 5.41) is 4.14. The first-order chi connectivity index (χ1) is 11.3. The predicted molar refractivity (Wildman–Crippen MR) is 89.3 cm³/mol. The number of carbonyl (C=O) groups is 1. The van der Waals surface area contributed by atoms with E-state index in [2.05, 4.69) is 5.10 Å². The van der Waals surface area contributed by atoms with Crippen molar-refractivity contribution >= 4 is 12.0 Å². The van der Waals surface area contributed by atoms with Crippen molar-refractivity contribution in [2.24, 2.45) is 0 Å². The van der Waals surface area contributed by atoms with Crippen LogP contribution in [0, 0.1) is 0 Å². The highest BCUT2D eigenvalue weighted by Crippen LogP contribution is 2.10. The maximum Gasteiger partial charge on any atom is 0.338 e. The SMILES string of the molecule is O=C(OC/C=C/c1ccccc1)c1ccc(-n2cccn2)cc1. The predicted octanol–water partition coefficient (Wildman–Crippen LogP) is 3.74. The molecule has 0 radical (unpaired) electrons. The van der Waals surface area contributed by atoms with E-state index in [-0.39, 0.29) is 12.6 Å². The van der Waals surface area contributed by atoms with Crippen LogP contribution < -0.4 is 0 Å². The topological polar surface area (TPSA) is 44.1 Å². The van der Waals surface area contributed by atoms with Crippen molar-refractivity contribution in [3.63, 3.8) is 0 Å². The van der Waals surface area contributed by atoms with E-state index in [0.717, 1.165) is 11.3 Å². The minimum atomic E-state index is -0.338. The van der Waals surface area contributed by atoms with Crippen LogP contribution in [0.25, 0.3) is 11.8 Å². The summed E-state index contributed by atoms with van der Waals surface area (Å²) in [5.41, 5.74) is 2.50. The maximum atomic E-state index is 12.0. The Kier molecular flexibility index (Phi) is 4.64. The molecule has 0 aliphatic rings. The molecule has 0 amide bonds. The number of benzene rings is 2. The fraction of sp³-hybridized carbons (Fsp3) is 0.0526. The zero-order chi connectivity index (χ0) is 15.9. The zero-order valence-electron chi connectivity index (χ0n) is 12.5. The van der Waals surface area contributed by atoms with Crippen molar-refractivity contribution in [2.75, 3.05) is 6.61 Å². The van der Waals surface area contributed by atoms with Gasteiger partial charge in [0.25, 0.3) is 0 Å². The summed E-state index contributed by atoms with van der Waals surface area (Å²) in [6.07, 6.45) is 7.31. The van der Waals surface area contributed by atoms with Gasteiger partial charge >= 0.3 is 5.97 Å². The lowest BCUT2D eigenvalue weighted by molar-refractivity contribution is 0.0550. The molecule has 0 saturated heterocycles. The molecule has 0 bridgehead atoms. The van der Waals surface area contributed by atoms with Crippen LogP contribution in [-0.4, -0.2) is 22.4 Å². The molecule has 0 unspecified atom stereocenters. The van der Waals surface area contributed by atoms with E-state index in [1.807, 2.05) is 66.9 Å². The molecule has 0 aliphatic carbocycles. The van der Waals surface area contributed by atoms with Crippen molar-refractivity contribution in [1.82, 2.24) is 9.78 Å². The molecule has 4 nitrogen and oxygen atoms in total. The highest BCUT2D eigenvalue weighted by Gasteiger charge is 2.06. The van der Waals surface area contributed by atoms with Crippen LogP contribution in [0.3, 0.4) is 0 Å². The third-order valence-corrected chi connectivity index (χ3v) is 3.29. The fourth-order valence-electron chi connectivity index (χ4n) is 2.13. The van der Waals surface area contributed by atoms with Gasteiger partial charge in [-0.05, 0) is 42.0 Å². The second-order valence-electron chi connectivity index (χ2n) is 4.91. The quantitative estimate of drug-likeness (QED) is 0.674. The van der Waals surface area contributed by atoms with Gasteiger partial charge in [0.15, 0.2) is 0 Å². The highest BCUT2D eigenvalue weighted by molar-refractivity contribution is 5.89. The van der Waals surface area contributed by atoms with Crippen LogP contribution in [-0.2, 0) is 4.74 Å². The van der Waals surface area contributed by atoms with Gasteiger partial charge in [-0.2, -0.15) is 5.10 Å². The molecule has 23 heavy (non-hydrogen) atoms. The van der Waals surface area contributed by atoms with Crippen LogP contribution in [0.5, 0.6) is 0 Å². The van der Waals surface area contributed by atoms with Crippen molar-refractivity contribution in [2.45, 2.75) is 0 Å². The molecule has 1 aromatic heterocycles. The number of ether oxygens (including phenoxy) is 1. The minimum Gasteiger partial charge on any atom is -0.458 e.